The van der Waals surface area contributed by atoms with Gasteiger partial charge in [-0.3, -0.25) is 0 Å². The molecule has 0 aliphatic carbocycles. The Morgan fingerprint density at radius 2 is 1.63 bits per heavy atom. The van der Waals surface area contributed by atoms with Crippen molar-refractivity contribution in [3.05, 3.63) is 83.9 Å². The van der Waals surface area contributed by atoms with E-state index in [2.05, 4.69) is 10.3 Å². The first-order valence-corrected chi connectivity index (χ1v) is 9.54. The highest BCUT2D eigenvalue weighted by Crippen LogP contribution is 2.17. The third-order valence-corrected chi connectivity index (χ3v) is 4.59. The zero-order chi connectivity index (χ0) is 20.8. The molecule has 152 valence electrons. The number of hydrogen-bond acceptors (Lipinski definition) is 6. The molecule has 0 spiro atoms. The van der Waals surface area contributed by atoms with Crippen molar-refractivity contribution in [3.63, 3.8) is 0 Å². The maximum Gasteiger partial charge on any atom is 0.338 e. The molecule has 0 N–H and O–H groups in total. The van der Waals surface area contributed by atoms with Crippen LogP contribution in [0.25, 0.3) is 11.0 Å². The summed E-state index contributed by atoms with van der Waals surface area (Å²) < 4.78 is 17.8. The molecule has 0 aliphatic heterocycles. The van der Waals surface area contributed by atoms with Crippen LogP contribution in [0.1, 0.15) is 15.9 Å². The van der Waals surface area contributed by atoms with Gasteiger partial charge in [-0.15, -0.1) is 5.10 Å². The highest BCUT2D eigenvalue weighted by molar-refractivity contribution is 5.89. The molecule has 0 saturated heterocycles. The Morgan fingerprint density at radius 3 is 2.40 bits per heavy atom. The first-order valence-electron chi connectivity index (χ1n) is 9.54. The second-order valence-electron chi connectivity index (χ2n) is 6.59. The molecule has 0 fully saturated rings. The molecule has 1 heterocycles. The lowest BCUT2D eigenvalue weighted by Gasteiger charge is -2.08. The fraction of sp³-hybridized carbons (Fsp3) is 0.174. The van der Waals surface area contributed by atoms with Crippen molar-refractivity contribution >= 4 is 17.0 Å². The highest BCUT2D eigenvalue weighted by Gasteiger charge is 2.09. The van der Waals surface area contributed by atoms with Gasteiger partial charge in [0.1, 0.15) is 30.2 Å². The van der Waals surface area contributed by atoms with Crippen LogP contribution in [0.4, 0.5) is 0 Å². The molecule has 4 aromatic rings. The predicted octanol–water partition coefficient (Wildman–Crippen LogP) is 3.72. The molecule has 7 heteroatoms. The summed E-state index contributed by atoms with van der Waals surface area (Å²) in [5, 5.41) is 8.34. The van der Waals surface area contributed by atoms with Crippen molar-refractivity contribution < 1.29 is 19.0 Å². The number of aromatic nitrogens is 3. The molecular weight excluding hydrogens is 382 g/mol. The van der Waals surface area contributed by atoms with Crippen molar-refractivity contribution in [2.24, 2.45) is 0 Å². The molecule has 3 aromatic carbocycles. The third kappa shape index (κ3) is 4.57. The predicted molar refractivity (Wildman–Crippen MR) is 112 cm³/mol. The molecule has 0 radical (unpaired) electrons. The van der Waals surface area contributed by atoms with Crippen LogP contribution in [0.5, 0.6) is 11.5 Å². The minimum absolute atomic E-state index is 0.164. The Bertz CT molecular complexity index is 1120. The van der Waals surface area contributed by atoms with Gasteiger partial charge in [-0.1, -0.05) is 29.5 Å². The molecule has 0 atom stereocenters. The second-order valence-corrected chi connectivity index (χ2v) is 6.59. The number of esters is 1. The van der Waals surface area contributed by atoms with Gasteiger partial charge < -0.3 is 14.2 Å². The van der Waals surface area contributed by atoms with Gasteiger partial charge in [0.05, 0.1) is 24.7 Å². The Balaban J connectivity index is 1.27. The van der Waals surface area contributed by atoms with Gasteiger partial charge in [0.2, 0.25) is 0 Å². The average Bonchev–Trinajstić information content (AvgIpc) is 3.20. The summed E-state index contributed by atoms with van der Waals surface area (Å²) in [6.45, 7) is 1.01. The number of para-hydroxylation sites is 1. The smallest absolute Gasteiger partial charge is 0.338 e. The zero-order valence-corrected chi connectivity index (χ0v) is 16.5. The van der Waals surface area contributed by atoms with Gasteiger partial charge in [-0.25, -0.2) is 9.48 Å². The number of rotatable bonds is 8. The van der Waals surface area contributed by atoms with Gasteiger partial charge in [0, 0.05) is 0 Å². The molecule has 4 rings (SSSR count). The van der Waals surface area contributed by atoms with Crippen molar-refractivity contribution in [1.82, 2.24) is 15.0 Å². The lowest BCUT2D eigenvalue weighted by molar-refractivity contribution is 0.0450. The van der Waals surface area contributed by atoms with E-state index in [-0.39, 0.29) is 19.2 Å². The molecule has 1 aromatic heterocycles. The molecule has 0 amide bonds. The van der Waals surface area contributed by atoms with Gasteiger partial charge in [-0.05, 0) is 54.1 Å². The van der Waals surface area contributed by atoms with E-state index in [0.29, 0.717) is 17.9 Å². The number of carbonyl (C=O) groups is 1. The maximum atomic E-state index is 12.2. The van der Waals surface area contributed by atoms with E-state index in [0.717, 1.165) is 22.3 Å². The monoisotopic (exact) mass is 403 g/mol. The average molecular weight is 403 g/mol. The van der Waals surface area contributed by atoms with Crippen LogP contribution in [-0.4, -0.2) is 41.3 Å². The number of methoxy groups -OCH3 is 1. The number of fused-ring (bicyclic) bond motifs is 1. The lowest BCUT2D eigenvalue weighted by atomic mass is 10.1. The molecule has 0 aliphatic rings. The van der Waals surface area contributed by atoms with Crippen molar-refractivity contribution in [2.45, 2.75) is 6.54 Å². The van der Waals surface area contributed by atoms with Gasteiger partial charge in [-0.2, -0.15) is 0 Å². The van der Waals surface area contributed by atoms with E-state index in [4.69, 9.17) is 14.2 Å². The number of hydrogen-bond donors (Lipinski definition) is 0. The molecule has 0 bridgehead atoms. The summed E-state index contributed by atoms with van der Waals surface area (Å²) in [4.78, 5) is 12.2. The minimum atomic E-state index is -0.383. The quantitative estimate of drug-likeness (QED) is 0.330. The fourth-order valence-electron chi connectivity index (χ4n) is 3.00. The topological polar surface area (TPSA) is 75.5 Å². The van der Waals surface area contributed by atoms with E-state index in [1.807, 2.05) is 53.2 Å². The summed E-state index contributed by atoms with van der Waals surface area (Å²) in [5.41, 5.74) is 3.34. The first-order chi connectivity index (χ1) is 14.7. The van der Waals surface area contributed by atoms with Crippen LogP contribution in [0.15, 0.2) is 72.8 Å². The van der Waals surface area contributed by atoms with E-state index in [1.54, 1.807) is 31.4 Å². The van der Waals surface area contributed by atoms with Crippen LogP contribution in [0.3, 0.4) is 0 Å². The second kappa shape index (κ2) is 9.09. The number of nitrogens with zero attached hydrogens (tertiary/aromatic N) is 3. The van der Waals surface area contributed by atoms with E-state index < -0.39 is 0 Å². The summed E-state index contributed by atoms with van der Waals surface area (Å²) in [5.74, 6) is 1.07. The van der Waals surface area contributed by atoms with Crippen LogP contribution in [0.2, 0.25) is 0 Å². The Hall–Kier alpha value is -3.87. The largest absolute Gasteiger partial charge is 0.497 e. The van der Waals surface area contributed by atoms with E-state index >= 15 is 0 Å². The highest BCUT2D eigenvalue weighted by atomic mass is 16.6. The van der Waals surface area contributed by atoms with Crippen molar-refractivity contribution in [1.29, 1.82) is 0 Å². The van der Waals surface area contributed by atoms with Gasteiger partial charge >= 0.3 is 5.97 Å². The Kier molecular flexibility index (Phi) is 5.89. The fourth-order valence-corrected chi connectivity index (χ4v) is 3.00. The van der Waals surface area contributed by atoms with E-state index in [1.165, 1.54) is 0 Å². The first kappa shape index (κ1) is 19.4. The Labute approximate surface area is 173 Å². The van der Waals surface area contributed by atoms with Gasteiger partial charge in [0.15, 0.2) is 0 Å². The lowest BCUT2D eigenvalue weighted by Crippen LogP contribution is -2.12. The normalized spacial score (nSPS) is 10.7. The van der Waals surface area contributed by atoms with Crippen LogP contribution < -0.4 is 9.47 Å². The summed E-state index contributed by atoms with van der Waals surface area (Å²) in [6, 6.07) is 22.3. The number of benzene rings is 3. The molecule has 0 saturated carbocycles. The van der Waals surface area contributed by atoms with Crippen molar-refractivity contribution in [2.75, 3.05) is 20.3 Å². The molecular formula is C23H21N3O4. The van der Waals surface area contributed by atoms with Crippen LogP contribution in [0, 0.1) is 0 Å². The van der Waals surface area contributed by atoms with Gasteiger partial charge in [0.25, 0.3) is 0 Å². The van der Waals surface area contributed by atoms with Crippen LogP contribution in [-0.2, 0) is 11.3 Å². The Morgan fingerprint density at radius 1 is 0.900 bits per heavy atom. The molecule has 30 heavy (non-hydrogen) atoms. The summed E-state index contributed by atoms with van der Waals surface area (Å²) >= 11 is 0. The zero-order valence-electron chi connectivity index (χ0n) is 16.5. The third-order valence-electron chi connectivity index (χ3n) is 4.59. The maximum absolute atomic E-state index is 12.2. The summed E-state index contributed by atoms with van der Waals surface area (Å²) in [6.07, 6.45) is 0. The molecule has 7 nitrogen and oxygen atoms in total. The van der Waals surface area contributed by atoms with Crippen LogP contribution >= 0.6 is 0 Å². The van der Waals surface area contributed by atoms with Crippen molar-refractivity contribution in [3.8, 4) is 11.5 Å². The van der Waals surface area contributed by atoms with E-state index in [9.17, 15) is 4.79 Å². The summed E-state index contributed by atoms with van der Waals surface area (Å²) in [7, 11) is 1.61. The number of ether oxygens (including phenoxy) is 3. The minimum Gasteiger partial charge on any atom is -0.497 e. The standard InChI is InChI=1S/C23H21N3O4/c1-28-19-10-12-20(13-11-19)29-14-15-30-23(27)18-8-6-17(7-9-18)16-26-22-5-3-2-4-21(22)24-25-26/h2-13H,14-16H2,1H3. The SMILES string of the molecule is COc1ccc(OCCOC(=O)c2ccc(Cn3nnc4ccccc43)cc2)cc1. The number of carbonyl (C=O) groups excluding carboxylic acids is 1. The molecule has 0 unspecified atom stereocenters.